The number of hydrogen-bond acceptors (Lipinski definition) is 5. The molecule has 3 aromatic rings. The highest BCUT2D eigenvalue weighted by Gasteiger charge is 2.33. The second kappa shape index (κ2) is 13.0. The van der Waals surface area contributed by atoms with E-state index in [2.05, 4.69) is 5.32 Å². The molecule has 0 aliphatic heterocycles. The summed E-state index contributed by atoms with van der Waals surface area (Å²) in [6.07, 6.45) is 1.15. The fourth-order valence-corrected chi connectivity index (χ4v) is 4.88. The summed E-state index contributed by atoms with van der Waals surface area (Å²) in [7, 11) is -2.46. The maximum absolute atomic E-state index is 14.7. The molecule has 38 heavy (non-hydrogen) atoms. The molecule has 0 aliphatic rings. The second-order valence-electron chi connectivity index (χ2n) is 8.68. The summed E-state index contributed by atoms with van der Waals surface area (Å²) >= 11 is 0. The number of likely N-dealkylation sites (N-methyl/N-ethyl adjacent to an activating group) is 1. The van der Waals surface area contributed by atoms with Gasteiger partial charge in [0, 0.05) is 31.1 Å². The van der Waals surface area contributed by atoms with Gasteiger partial charge in [-0.15, -0.1) is 0 Å². The number of methoxy groups -OCH3 is 1. The van der Waals surface area contributed by atoms with Gasteiger partial charge in [-0.25, -0.2) is 12.8 Å². The zero-order valence-electron chi connectivity index (χ0n) is 21.6. The third-order valence-corrected chi connectivity index (χ3v) is 7.08. The molecule has 0 saturated carbocycles. The third-order valence-electron chi connectivity index (χ3n) is 5.94. The molecular weight excluding hydrogens is 509 g/mol. The van der Waals surface area contributed by atoms with Crippen molar-refractivity contribution in [3.8, 4) is 5.75 Å². The first-order valence-corrected chi connectivity index (χ1v) is 13.9. The van der Waals surface area contributed by atoms with Crippen molar-refractivity contribution < 1.29 is 27.1 Å². The largest absolute Gasteiger partial charge is 0.497 e. The Morgan fingerprint density at radius 2 is 1.68 bits per heavy atom. The number of nitrogens with one attached hydrogen (secondary N) is 1. The van der Waals surface area contributed by atoms with E-state index in [1.807, 2.05) is 30.3 Å². The number of nitrogens with zero attached hydrogens (tertiary/aromatic N) is 2. The van der Waals surface area contributed by atoms with Gasteiger partial charge in [0.2, 0.25) is 21.8 Å². The Morgan fingerprint density at radius 3 is 2.32 bits per heavy atom. The van der Waals surface area contributed by atoms with E-state index < -0.39 is 40.2 Å². The van der Waals surface area contributed by atoms with Crippen LogP contribution in [0.1, 0.15) is 18.1 Å². The first kappa shape index (κ1) is 28.6. The average Bonchev–Trinajstić information content (AvgIpc) is 2.90. The second-order valence-corrected chi connectivity index (χ2v) is 10.6. The third kappa shape index (κ3) is 7.55. The van der Waals surface area contributed by atoms with Crippen LogP contribution < -0.4 is 14.4 Å². The molecule has 0 fully saturated rings. The van der Waals surface area contributed by atoms with Gasteiger partial charge in [0.05, 0.1) is 19.1 Å². The molecule has 1 unspecified atom stereocenters. The van der Waals surface area contributed by atoms with Crippen LogP contribution in [0, 0.1) is 5.82 Å². The fourth-order valence-electron chi connectivity index (χ4n) is 4.04. The highest BCUT2D eigenvalue weighted by molar-refractivity contribution is 7.92. The highest BCUT2D eigenvalue weighted by atomic mass is 32.2. The van der Waals surface area contributed by atoms with E-state index in [4.69, 9.17) is 4.74 Å². The molecule has 0 spiro atoms. The number of ether oxygens (including phenoxy) is 1. The highest BCUT2D eigenvalue weighted by Crippen LogP contribution is 2.24. The van der Waals surface area contributed by atoms with Gasteiger partial charge in [-0.3, -0.25) is 13.9 Å². The van der Waals surface area contributed by atoms with Crippen LogP contribution in [0.2, 0.25) is 0 Å². The summed E-state index contributed by atoms with van der Waals surface area (Å²) in [5.41, 5.74) is 1.22. The Labute approximate surface area is 223 Å². The van der Waals surface area contributed by atoms with Gasteiger partial charge in [-0.1, -0.05) is 54.6 Å². The van der Waals surface area contributed by atoms with E-state index in [0.717, 1.165) is 16.1 Å². The molecule has 1 N–H and O–H groups in total. The minimum Gasteiger partial charge on any atom is -0.497 e. The van der Waals surface area contributed by atoms with Crippen LogP contribution in [-0.2, 0) is 32.6 Å². The van der Waals surface area contributed by atoms with Gasteiger partial charge in [-0.05, 0) is 30.7 Å². The fraction of sp³-hybridized carbons (Fsp3) is 0.286. The lowest BCUT2D eigenvalue weighted by atomic mass is 10.0. The van der Waals surface area contributed by atoms with Gasteiger partial charge < -0.3 is 15.0 Å². The molecule has 3 aromatic carbocycles. The topological polar surface area (TPSA) is 96.0 Å². The first-order chi connectivity index (χ1) is 18.1. The van der Waals surface area contributed by atoms with Crippen LogP contribution in [0.5, 0.6) is 5.75 Å². The summed E-state index contributed by atoms with van der Waals surface area (Å²) in [6.45, 7) is 1.26. The van der Waals surface area contributed by atoms with E-state index >= 15 is 0 Å². The van der Waals surface area contributed by atoms with Crippen LogP contribution in [0.25, 0.3) is 0 Å². The van der Waals surface area contributed by atoms with Gasteiger partial charge in [0.15, 0.2) is 0 Å². The minimum absolute atomic E-state index is 0.158. The van der Waals surface area contributed by atoms with Crippen LogP contribution in [0.15, 0.2) is 78.9 Å². The van der Waals surface area contributed by atoms with Crippen LogP contribution in [0.3, 0.4) is 0 Å². The van der Waals surface area contributed by atoms with Gasteiger partial charge >= 0.3 is 0 Å². The standard InChI is InChI=1S/C28H32FN3O5S/c1-4-30-28(34)26(17-21-11-6-5-7-12-21)31(19-22-13-8-9-16-25(22)29)27(33)20-32(38(3,35)36)23-14-10-15-24(18-23)37-2/h5-16,18,26H,4,17,19-20H2,1-3H3,(H,30,34). The lowest BCUT2D eigenvalue weighted by Gasteiger charge is -2.33. The van der Waals surface area contributed by atoms with Crippen molar-refractivity contribution in [2.45, 2.75) is 25.9 Å². The average molecular weight is 542 g/mol. The van der Waals surface area contributed by atoms with Crippen molar-refractivity contribution in [3.63, 3.8) is 0 Å². The number of sulfonamides is 1. The van der Waals surface area contributed by atoms with E-state index in [1.54, 1.807) is 31.2 Å². The summed E-state index contributed by atoms with van der Waals surface area (Å²) in [5, 5.41) is 2.76. The first-order valence-electron chi connectivity index (χ1n) is 12.1. The van der Waals surface area contributed by atoms with Gasteiger partial charge in [0.1, 0.15) is 24.2 Å². The number of amides is 2. The normalized spacial score (nSPS) is 11.9. The molecule has 8 nitrogen and oxygen atoms in total. The molecule has 0 radical (unpaired) electrons. The lowest BCUT2D eigenvalue weighted by Crippen LogP contribution is -2.53. The van der Waals surface area contributed by atoms with E-state index in [-0.39, 0.29) is 24.2 Å². The Balaban J connectivity index is 2.05. The maximum atomic E-state index is 14.7. The molecule has 0 aromatic heterocycles. The number of halogens is 1. The van der Waals surface area contributed by atoms with Crippen molar-refractivity contribution in [2.24, 2.45) is 0 Å². The Hall–Kier alpha value is -3.92. The minimum atomic E-state index is -3.91. The number of hydrogen-bond donors (Lipinski definition) is 1. The van der Waals surface area contributed by atoms with Crippen molar-refractivity contribution in [1.29, 1.82) is 0 Å². The zero-order chi connectivity index (χ0) is 27.7. The van der Waals surface area contributed by atoms with Gasteiger partial charge in [0.25, 0.3) is 0 Å². The molecule has 1 atom stereocenters. The summed E-state index contributed by atoms with van der Waals surface area (Å²) < 4.78 is 46.4. The number of rotatable bonds is 12. The van der Waals surface area contributed by atoms with Crippen LogP contribution in [0.4, 0.5) is 10.1 Å². The summed E-state index contributed by atoms with van der Waals surface area (Å²) in [6, 6.07) is 20.4. The number of benzene rings is 3. The molecular formula is C28H32FN3O5S. The molecule has 2 amide bonds. The predicted octanol–water partition coefficient (Wildman–Crippen LogP) is 3.38. The number of carbonyl (C=O) groups excluding carboxylic acids is 2. The van der Waals surface area contributed by atoms with Crippen molar-refractivity contribution in [1.82, 2.24) is 10.2 Å². The lowest BCUT2D eigenvalue weighted by molar-refractivity contribution is -0.140. The van der Waals surface area contributed by atoms with E-state index in [9.17, 15) is 22.4 Å². The molecule has 202 valence electrons. The predicted molar refractivity (Wildman–Crippen MR) is 145 cm³/mol. The van der Waals surface area contributed by atoms with E-state index in [1.165, 1.54) is 36.3 Å². The van der Waals surface area contributed by atoms with Crippen LogP contribution >= 0.6 is 0 Å². The van der Waals surface area contributed by atoms with Crippen LogP contribution in [-0.4, -0.2) is 57.6 Å². The molecule has 0 heterocycles. The quantitative estimate of drug-likeness (QED) is 0.379. The Kier molecular flexibility index (Phi) is 9.84. The van der Waals surface area contributed by atoms with Crippen molar-refractivity contribution in [3.05, 3.63) is 95.8 Å². The van der Waals surface area contributed by atoms with Crippen molar-refractivity contribution in [2.75, 3.05) is 30.8 Å². The molecule has 10 heteroatoms. The Morgan fingerprint density at radius 1 is 1.00 bits per heavy atom. The molecule has 3 rings (SSSR count). The SMILES string of the molecule is CCNC(=O)C(Cc1ccccc1)N(Cc1ccccc1F)C(=O)CN(c1cccc(OC)c1)S(C)(=O)=O. The molecule has 0 bridgehead atoms. The zero-order valence-corrected chi connectivity index (χ0v) is 22.4. The smallest absolute Gasteiger partial charge is 0.244 e. The maximum Gasteiger partial charge on any atom is 0.244 e. The molecule has 0 saturated heterocycles. The van der Waals surface area contributed by atoms with Gasteiger partial charge in [-0.2, -0.15) is 0 Å². The Bertz CT molecular complexity index is 1350. The number of carbonyl (C=O) groups is 2. The monoisotopic (exact) mass is 541 g/mol. The number of anilines is 1. The molecule has 0 aliphatic carbocycles. The summed E-state index contributed by atoms with van der Waals surface area (Å²) in [4.78, 5) is 28.4. The summed E-state index contributed by atoms with van der Waals surface area (Å²) in [5.74, 6) is -1.20. The van der Waals surface area contributed by atoms with E-state index in [0.29, 0.717) is 12.3 Å². The van der Waals surface area contributed by atoms with Crippen molar-refractivity contribution >= 4 is 27.5 Å².